The molecule has 0 radical (unpaired) electrons. The summed E-state index contributed by atoms with van der Waals surface area (Å²) in [6, 6.07) is -1.22. The van der Waals surface area contributed by atoms with Gasteiger partial charge in [0.25, 0.3) is 0 Å². The van der Waals surface area contributed by atoms with Gasteiger partial charge in [0.05, 0.1) is 98.2 Å². The Morgan fingerprint density at radius 3 is 1.84 bits per heavy atom. The number of hydrogen-bond acceptors (Lipinski definition) is 22. The Balaban J connectivity index is 1.97. The van der Waals surface area contributed by atoms with Crippen molar-refractivity contribution in [2.75, 3.05) is 13.2 Å². The summed E-state index contributed by atoms with van der Waals surface area (Å²) in [4.78, 5) is 26.6. The number of cyclic esters (lactones) is 1. The zero-order valence-corrected chi connectivity index (χ0v) is 43.6. The number of nitrogens with two attached hydrogens (primary N) is 1. The monoisotopic (exact) mass is 1090 g/mol. The highest BCUT2D eigenvalue weighted by atomic mass is 16.7. The van der Waals surface area contributed by atoms with E-state index in [1.54, 1.807) is 86.8 Å². The lowest BCUT2D eigenvalue weighted by atomic mass is 9.82. The van der Waals surface area contributed by atoms with Crippen LogP contribution >= 0.6 is 0 Å². The Labute approximate surface area is 443 Å². The number of amides is 1. The number of carbonyl (C=O) groups excluding carboxylic acids is 2. The average molecular weight is 1090 g/mol. The topological polar surface area (TPSA) is 413 Å². The van der Waals surface area contributed by atoms with Crippen molar-refractivity contribution in [1.82, 2.24) is 5.32 Å². The van der Waals surface area contributed by atoms with Crippen molar-refractivity contribution in [2.45, 2.75) is 201 Å². The van der Waals surface area contributed by atoms with Crippen LogP contribution in [0.15, 0.2) is 85.1 Å². The smallest absolute Gasteiger partial charge is 0.308 e. The number of hydrogen-bond donors (Lipinski definition) is 17. The van der Waals surface area contributed by atoms with Crippen LogP contribution in [0.1, 0.15) is 79.1 Å². The van der Waals surface area contributed by atoms with Gasteiger partial charge in [-0.05, 0) is 33.1 Å². The molecule has 0 spiro atoms. The van der Waals surface area contributed by atoms with Gasteiger partial charge < -0.3 is 107 Å². The molecule has 3 heterocycles. The number of fused-ring (bicyclic) bond motifs is 2. The summed E-state index contributed by atoms with van der Waals surface area (Å²) >= 11 is 0. The van der Waals surface area contributed by atoms with E-state index in [1.807, 2.05) is 6.92 Å². The van der Waals surface area contributed by atoms with Crippen LogP contribution in [0.25, 0.3) is 0 Å². The summed E-state index contributed by atoms with van der Waals surface area (Å²) in [6.07, 6.45) is -6.27. The quantitative estimate of drug-likeness (QED) is 0.104. The first kappa shape index (κ1) is 66.6. The standard InChI is InChI=1S/C53H86N2O21/c1-29-17-15-13-11-9-7-5-6-8-10-12-14-16-18-36(75-52-50(70)45(54)47(67)32(4)74-52)24-42-44(51(71)55-27-40(63)48(68)49(69)41(64)28-56)39(62)26-53(72,76-42)25-35(59)22-38(61)37(60)20-19-33(57)21-34(58)23-43(65)73-31(3)30(2)46(29)66/h5-18,29-42,44-50,52,56-64,66-70,72H,19-28,54H2,1-4H3,(H,55,71)/b6-5+,9-7+,10-8+,13-11+,14-12+,17-15+,18-16+/t29-,30?,31-,32+,33+,34+,35-,36-,37+,38+,39-,40?,41?,42?,44?,45-,46+,47+,48?,49?,50-,52-,53+/m0/s1. The predicted molar refractivity (Wildman–Crippen MR) is 273 cm³/mol. The van der Waals surface area contributed by atoms with Crippen molar-refractivity contribution in [3.8, 4) is 0 Å². The Bertz CT molecular complexity index is 1930. The number of allylic oxidation sites excluding steroid dienone is 12. The summed E-state index contributed by atoms with van der Waals surface area (Å²) in [5.41, 5.74) is 6.08. The van der Waals surface area contributed by atoms with Crippen molar-refractivity contribution in [3.63, 3.8) is 0 Å². The molecule has 0 aromatic rings. The molecule has 3 aliphatic rings. The van der Waals surface area contributed by atoms with Gasteiger partial charge in [-0.15, -0.1) is 0 Å². The fourth-order valence-electron chi connectivity index (χ4n) is 9.00. The lowest BCUT2D eigenvalue weighted by Gasteiger charge is -2.46. The molecular weight excluding hydrogens is 1000 g/mol. The number of esters is 1. The van der Waals surface area contributed by atoms with Crippen molar-refractivity contribution < 1.29 is 105 Å². The number of rotatable bonds is 9. The van der Waals surface area contributed by atoms with Crippen LogP contribution in [-0.2, 0) is 28.5 Å². The molecule has 2 bridgehead atoms. The second kappa shape index (κ2) is 33.1. The summed E-state index contributed by atoms with van der Waals surface area (Å²) in [7, 11) is 0. The Morgan fingerprint density at radius 1 is 0.684 bits per heavy atom. The summed E-state index contributed by atoms with van der Waals surface area (Å²) in [5.74, 6) is -6.61. The molecular formula is C53H86N2O21. The van der Waals surface area contributed by atoms with E-state index >= 15 is 0 Å². The second-order valence-corrected chi connectivity index (χ2v) is 20.3. The molecule has 23 nitrogen and oxygen atoms in total. The normalized spacial score (nSPS) is 42.3. The first-order valence-electron chi connectivity index (χ1n) is 25.9. The van der Waals surface area contributed by atoms with Crippen LogP contribution in [0, 0.1) is 17.8 Å². The number of aliphatic hydroxyl groups excluding tert-OH is 14. The molecule has 0 saturated carbocycles. The highest BCUT2D eigenvalue weighted by Crippen LogP contribution is 2.38. The van der Waals surface area contributed by atoms with Crippen molar-refractivity contribution in [3.05, 3.63) is 85.1 Å². The molecule has 0 aliphatic carbocycles. The summed E-state index contributed by atoms with van der Waals surface area (Å²) in [6.45, 7) is 4.94. The number of carbonyl (C=O) groups is 2. The van der Waals surface area contributed by atoms with Crippen molar-refractivity contribution in [1.29, 1.82) is 0 Å². The summed E-state index contributed by atoms with van der Waals surface area (Å²) < 4.78 is 23.5. The van der Waals surface area contributed by atoms with Gasteiger partial charge in [-0.3, -0.25) is 9.59 Å². The van der Waals surface area contributed by atoms with E-state index in [1.165, 1.54) is 19.1 Å². The highest BCUT2D eigenvalue weighted by molar-refractivity contribution is 5.80. The van der Waals surface area contributed by atoms with E-state index in [0.29, 0.717) is 0 Å². The van der Waals surface area contributed by atoms with E-state index in [0.717, 1.165) is 0 Å². The molecule has 0 aromatic heterocycles. The first-order chi connectivity index (χ1) is 35.8. The minimum atomic E-state index is -2.45. The third-order valence-electron chi connectivity index (χ3n) is 13.9. The van der Waals surface area contributed by atoms with Crippen LogP contribution in [0.2, 0.25) is 0 Å². The Morgan fingerprint density at radius 2 is 1.25 bits per heavy atom. The molecule has 1 amide bonds. The molecule has 3 rings (SSSR count). The van der Waals surface area contributed by atoms with E-state index < -0.39 is 191 Å². The van der Waals surface area contributed by atoms with Crippen molar-refractivity contribution in [2.24, 2.45) is 23.5 Å². The SMILES string of the molecule is CC1[C@H](C)OC(=O)C[C@H](O)C[C@H](O)CC[C@@H](O)[C@H](O)C[C@H](O)C[C@]2(O)C[C@H](O)C(C(=O)NCC(O)C(O)C(O)C(O)CO)C(C[C@@H](O[C@@H]3O[C@H](C)[C@@H](O)[C@H](N)[C@@H]3O)/C=C/C=C/C=C/C=C/C=C/C=C/C=C/[C@H](C)[C@H]1O)O2. The zero-order valence-electron chi connectivity index (χ0n) is 43.6. The number of ether oxygens (including phenoxy) is 4. The maximum absolute atomic E-state index is 13.9. The van der Waals surface area contributed by atoms with Crippen LogP contribution in [0.4, 0.5) is 0 Å². The first-order valence-corrected chi connectivity index (χ1v) is 25.9. The average Bonchev–Trinajstić information content (AvgIpc) is 3.35. The van der Waals surface area contributed by atoms with Gasteiger partial charge in [0.2, 0.25) is 5.91 Å². The summed E-state index contributed by atoms with van der Waals surface area (Å²) in [5, 5.41) is 162. The molecule has 18 N–H and O–H groups in total. The number of aliphatic hydroxyl groups is 15. The molecule has 7 unspecified atom stereocenters. The molecule has 2 saturated heterocycles. The molecule has 3 aliphatic heterocycles. The van der Waals surface area contributed by atoms with E-state index in [4.69, 9.17) is 24.7 Å². The minimum Gasteiger partial charge on any atom is -0.462 e. The van der Waals surface area contributed by atoms with Gasteiger partial charge in [0.1, 0.15) is 30.5 Å². The largest absolute Gasteiger partial charge is 0.462 e. The third-order valence-corrected chi connectivity index (χ3v) is 13.9. The van der Waals surface area contributed by atoms with Gasteiger partial charge in [0, 0.05) is 44.1 Å². The maximum atomic E-state index is 13.9. The highest BCUT2D eigenvalue weighted by Gasteiger charge is 2.51. The minimum absolute atomic E-state index is 0.155. The molecule has 434 valence electrons. The maximum Gasteiger partial charge on any atom is 0.308 e. The Hall–Kier alpha value is -3.64. The molecule has 23 atom stereocenters. The van der Waals surface area contributed by atoms with Crippen LogP contribution in [-0.4, -0.2) is 224 Å². The van der Waals surface area contributed by atoms with Crippen LogP contribution < -0.4 is 11.1 Å². The second-order valence-electron chi connectivity index (χ2n) is 20.3. The molecule has 23 heteroatoms. The predicted octanol–water partition coefficient (Wildman–Crippen LogP) is -2.82. The third kappa shape index (κ3) is 21.9. The van der Waals surface area contributed by atoms with Gasteiger partial charge in [-0.25, -0.2) is 0 Å². The van der Waals surface area contributed by atoms with E-state index in [2.05, 4.69) is 5.32 Å². The fraction of sp³-hybridized carbons (Fsp3) is 0.698. The van der Waals surface area contributed by atoms with E-state index in [9.17, 15) is 86.2 Å². The van der Waals surface area contributed by atoms with Gasteiger partial charge in [-0.1, -0.05) is 98.9 Å². The van der Waals surface area contributed by atoms with Crippen LogP contribution in [0.5, 0.6) is 0 Å². The van der Waals surface area contributed by atoms with Crippen molar-refractivity contribution >= 4 is 11.9 Å². The zero-order chi connectivity index (χ0) is 56.9. The van der Waals surface area contributed by atoms with E-state index in [-0.39, 0.29) is 25.2 Å². The lowest BCUT2D eigenvalue weighted by Crippen LogP contribution is -2.62. The number of nitrogens with one attached hydrogen (secondary N) is 1. The van der Waals surface area contributed by atoms with Gasteiger partial charge in [-0.2, -0.15) is 0 Å². The molecule has 0 aromatic carbocycles. The Kier molecular flexibility index (Phi) is 29.0. The molecule has 2 fully saturated rings. The van der Waals surface area contributed by atoms with Gasteiger partial charge >= 0.3 is 5.97 Å². The fourth-order valence-corrected chi connectivity index (χ4v) is 9.00. The molecule has 76 heavy (non-hydrogen) atoms. The van der Waals surface area contributed by atoms with Gasteiger partial charge in [0.15, 0.2) is 12.1 Å². The lowest BCUT2D eigenvalue weighted by molar-refractivity contribution is -0.307. The van der Waals surface area contributed by atoms with Crippen LogP contribution in [0.3, 0.4) is 0 Å².